The second-order valence-corrected chi connectivity index (χ2v) is 8.71. The van der Waals surface area contributed by atoms with E-state index in [1.54, 1.807) is 0 Å². The Morgan fingerprint density at radius 3 is 2.57 bits per heavy atom. The molecular formula is C23H36O5. The highest BCUT2D eigenvalue weighted by Gasteiger charge is 2.44. The van der Waals surface area contributed by atoms with Gasteiger partial charge in [0.1, 0.15) is 0 Å². The minimum absolute atomic E-state index is 0.167. The van der Waals surface area contributed by atoms with Gasteiger partial charge in [-0.2, -0.15) is 0 Å². The Bertz CT molecular complexity index is 622. The first-order valence-corrected chi connectivity index (χ1v) is 10.7. The summed E-state index contributed by atoms with van der Waals surface area (Å²) < 4.78 is 4.55. The van der Waals surface area contributed by atoms with E-state index >= 15 is 0 Å². The molecule has 3 unspecified atom stereocenters. The van der Waals surface area contributed by atoms with E-state index in [0.717, 1.165) is 12.8 Å². The number of ether oxygens (including phenoxy) is 1. The monoisotopic (exact) mass is 392 g/mol. The average molecular weight is 393 g/mol. The molecule has 0 aromatic rings. The molecule has 2 aliphatic carbocycles. The zero-order chi connectivity index (χ0) is 20.9. The Balaban J connectivity index is 0.000000292. The number of cyclic esters (lactones) is 1. The van der Waals surface area contributed by atoms with Gasteiger partial charge in [0.15, 0.2) is 0 Å². The second kappa shape index (κ2) is 9.73. The molecule has 0 amide bonds. The normalized spacial score (nSPS) is 34.1. The van der Waals surface area contributed by atoms with E-state index in [9.17, 15) is 14.7 Å². The van der Waals surface area contributed by atoms with Gasteiger partial charge in [-0.1, -0.05) is 45.4 Å². The fraction of sp³-hybridized carbons (Fsp3) is 0.739. The standard InChI is InChI=1S/C18H28O2.C5H8O3/c1-5-15-12(3)7-8-13-9-10-14(11-16(13)15)18(4,6-2)17(19)20;6-4-1-2-8-5(7)3-4/h7-9,12,14-16H,5-6,10-11H2,1-4H3,(H,19,20);4,6H,1-3H2/t12-,14?,15-,16?,18-;/m0./s1. The second-order valence-electron chi connectivity index (χ2n) is 8.71. The number of allylic oxidation sites excluding steroid dienone is 4. The van der Waals surface area contributed by atoms with Crippen molar-refractivity contribution in [2.24, 2.45) is 29.1 Å². The molecule has 1 saturated heterocycles. The van der Waals surface area contributed by atoms with Crippen molar-refractivity contribution in [3.8, 4) is 0 Å². The zero-order valence-electron chi connectivity index (χ0n) is 17.7. The maximum absolute atomic E-state index is 11.7. The van der Waals surface area contributed by atoms with Gasteiger partial charge in [0.2, 0.25) is 0 Å². The van der Waals surface area contributed by atoms with Crippen molar-refractivity contribution >= 4 is 11.9 Å². The molecule has 5 heteroatoms. The molecule has 0 spiro atoms. The van der Waals surface area contributed by atoms with E-state index in [1.807, 2.05) is 13.8 Å². The third-order valence-electron chi connectivity index (χ3n) is 7.10. The zero-order valence-corrected chi connectivity index (χ0v) is 17.7. The molecule has 28 heavy (non-hydrogen) atoms. The molecule has 0 aromatic carbocycles. The highest BCUT2D eigenvalue weighted by Crippen LogP contribution is 2.48. The fourth-order valence-corrected chi connectivity index (χ4v) is 4.81. The van der Waals surface area contributed by atoms with Gasteiger partial charge in [0.25, 0.3) is 0 Å². The van der Waals surface area contributed by atoms with E-state index in [1.165, 1.54) is 12.0 Å². The molecule has 5 nitrogen and oxygen atoms in total. The van der Waals surface area contributed by atoms with E-state index in [4.69, 9.17) is 5.11 Å². The van der Waals surface area contributed by atoms with Crippen LogP contribution in [0, 0.1) is 29.1 Å². The van der Waals surface area contributed by atoms with Crippen LogP contribution in [0.1, 0.15) is 66.2 Å². The van der Waals surface area contributed by atoms with Crippen LogP contribution in [0.25, 0.3) is 0 Å². The van der Waals surface area contributed by atoms with E-state index in [2.05, 4.69) is 36.8 Å². The van der Waals surface area contributed by atoms with Crippen LogP contribution in [0.5, 0.6) is 0 Å². The molecule has 0 radical (unpaired) electrons. The molecular weight excluding hydrogens is 356 g/mol. The smallest absolute Gasteiger partial charge is 0.309 e. The average Bonchev–Trinajstić information content (AvgIpc) is 2.67. The van der Waals surface area contributed by atoms with Gasteiger partial charge in [0.05, 0.1) is 24.5 Å². The molecule has 2 N–H and O–H groups in total. The minimum Gasteiger partial charge on any atom is -0.481 e. The molecule has 1 fully saturated rings. The first-order chi connectivity index (χ1) is 13.2. The third kappa shape index (κ3) is 5.05. The van der Waals surface area contributed by atoms with Gasteiger partial charge >= 0.3 is 11.9 Å². The fourth-order valence-electron chi connectivity index (χ4n) is 4.81. The predicted molar refractivity (Wildman–Crippen MR) is 109 cm³/mol. The van der Waals surface area contributed by atoms with Crippen molar-refractivity contribution in [1.82, 2.24) is 0 Å². The summed E-state index contributed by atoms with van der Waals surface area (Å²) in [4.78, 5) is 22.0. The molecule has 158 valence electrons. The first kappa shape index (κ1) is 22.7. The summed E-state index contributed by atoms with van der Waals surface area (Å²) in [6.45, 7) is 8.87. The highest BCUT2D eigenvalue weighted by molar-refractivity contribution is 5.74. The number of hydrogen-bond donors (Lipinski definition) is 2. The van der Waals surface area contributed by atoms with Crippen molar-refractivity contribution < 1.29 is 24.5 Å². The molecule has 3 aliphatic rings. The van der Waals surface area contributed by atoms with E-state index in [0.29, 0.717) is 37.2 Å². The molecule has 1 heterocycles. The number of carboxylic acid groups (broad SMARTS) is 1. The summed E-state index contributed by atoms with van der Waals surface area (Å²) in [7, 11) is 0. The number of carbonyl (C=O) groups is 2. The molecule has 0 aromatic heterocycles. The number of aliphatic hydroxyl groups excluding tert-OH is 1. The Labute approximate surface area is 168 Å². The molecule has 0 bridgehead atoms. The van der Waals surface area contributed by atoms with Crippen molar-refractivity contribution in [2.45, 2.75) is 72.3 Å². The minimum atomic E-state index is -0.630. The number of hydrogen-bond acceptors (Lipinski definition) is 4. The quantitative estimate of drug-likeness (QED) is 0.695. The summed E-state index contributed by atoms with van der Waals surface area (Å²) in [6, 6.07) is 0. The van der Waals surface area contributed by atoms with Gasteiger partial charge in [-0.05, 0) is 55.4 Å². The van der Waals surface area contributed by atoms with Crippen molar-refractivity contribution in [3.05, 3.63) is 23.8 Å². The topological polar surface area (TPSA) is 83.8 Å². The highest BCUT2D eigenvalue weighted by atomic mass is 16.5. The van der Waals surface area contributed by atoms with Gasteiger partial charge in [-0.3, -0.25) is 9.59 Å². The summed E-state index contributed by atoms with van der Waals surface area (Å²) in [5.74, 6) is 1.19. The lowest BCUT2D eigenvalue weighted by atomic mass is 9.61. The maximum Gasteiger partial charge on any atom is 0.309 e. The van der Waals surface area contributed by atoms with Crippen LogP contribution in [-0.4, -0.2) is 34.9 Å². The van der Waals surface area contributed by atoms with Gasteiger partial charge in [0, 0.05) is 6.42 Å². The molecule has 0 saturated carbocycles. The largest absolute Gasteiger partial charge is 0.481 e. The summed E-state index contributed by atoms with van der Waals surface area (Å²) >= 11 is 0. The molecule has 3 rings (SSSR count). The van der Waals surface area contributed by atoms with Gasteiger partial charge in [-0.25, -0.2) is 0 Å². The number of carbonyl (C=O) groups excluding carboxylic acids is 1. The summed E-state index contributed by atoms with van der Waals surface area (Å²) in [6.07, 6.45) is 11.0. The maximum atomic E-state index is 11.7. The number of carboxylic acids is 1. The van der Waals surface area contributed by atoms with Crippen LogP contribution in [-0.2, 0) is 14.3 Å². The number of fused-ring (bicyclic) bond motifs is 1. The number of aliphatic carboxylic acids is 1. The van der Waals surface area contributed by atoms with Gasteiger partial charge in [-0.15, -0.1) is 0 Å². The van der Waals surface area contributed by atoms with E-state index < -0.39 is 17.5 Å². The lowest BCUT2D eigenvalue weighted by molar-refractivity contribution is -0.153. The van der Waals surface area contributed by atoms with Crippen LogP contribution >= 0.6 is 0 Å². The van der Waals surface area contributed by atoms with Crippen LogP contribution in [0.3, 0.4) is 0 Å². The summed E-state index contributed by atoms with van der Waals surface area (Å²) in [5.41, 5.74) is 0.875. The van der Waals surface area contributed by atoms with Crippen LogP contribution in [0.4, 0.5) is 0 Å². The van der Waals surface area contributed by atoms with Crippen LogP contribution in [0.15, 0.2) is 23.8 Å². The predicted octanol–water partition coefficient (Wildman–Crippen LogP) is 4.36. The summed E-state index contributed by atoms with van der Waals surface area (Å²) in [5, 5.41) is 18.4. The first-order valence-electron chi connectivity index (χ1n) is 10.7. The molecule has 1 aliphatic heterocycles. The lowest BCUT2D eigenvalue weighted by Gasteiger charge is -2.43. The lowest BCUT2D eigenvalue weighted by Crippen LogP contribution is -2.40. The Morgan fingerprint density at radius 1 is 1.36 bits per heavy atom. The van der Waals surface area contributed by atoms with Crippen molar-refractivity contribution in [2.75, 3.05) is 6.61 Å². The number of rotatable bonds is 4. The Hall–Kier alpha value is -1.62. The van der Waals surface area contributed by atoms with E-state index in [-0.39, 0.29) is 18.3 Å². The SMILES string of the molecule is CC[C@@H]1C2CC([C@](C)(CC)C(=O)O)CC=C2C=C[C@@H]1C.O=C1CC(O)CCO1. The van der Waals surface area contributed by atoms with Crippen LogP contribution in [0.2, 0.25) is 0 Å². The van der Waals surface area contributed by atoms with Gasteiger partial charge < -0.3 is 14.9 Å². The number of esters is 1. The van der Waals surface area contributed by atoms with Crippen molar-refractivity contribution in [3.63, 3.8) is 0 Å². The van der Waals surface area contributed by atoms with Crippen molar-refractivity contribution in [1.29, 1.82) is 0 Å². The molecule has 6 atom stereocenters. The number of aliphatic hydroxyl groups is 1. The van der Waals surface area contributed by atoms with Crippen LogP contribution < -0.4 is 0 Å². The third-order valence-corrected chi connectivity index (χ3v) is 7.10. The Kier molecular flexibility index (Phi) is 7.87. The Morgan fingerprint density at radius 2 is 2.07 bits per heavy atom.